The molecule has 0 saturated carbocycles. The van der Waals surface area contributed by atoms with Crippen molar-refractivity contribution in [2.75, 3.05) is 11.9 Å². The molecule has 0 radical (unpaired) electrons. The molecule has 4 heteroatoms. The lowest BCUT2D eigenvalue weighted by Crippen LogP contribution is -2.36. The van der Waals surface area contributed by atoms with E-state index in [0.717, 1.165) is 12.2 Å². The van der Waals surface area contributed by atoms with Crippen LogP contribution in [0.3, 0.4) is 0 Å². The fraction of sp³-hybridized carbons (Fsp3) is 0.462. The van der Waals surface area contributed by atoms with E-state index in [9.17, 15) is 0 Å². The van der Waals surface area contributed by atoms with Crippen LogP contribution in [-0.4, -0.2) is 12.5 Å². The SMILES string of the molecule is Cc1ccc(NC(=NCC(C)C)NN)c(C)c1. The Morgan fingerprint density at radius 3 is 2.59 bits per heavy atom. The van der Waals surface area contributed by atoms with Gasteiger partial charge in [-0.2, -0.15) is 0 Å². The molecule has 1 aromatic rings. The lowest BCUT2D eigenvalue weighted by atomic mass is 10.1. The number of rotatable bonds is 3. The Morgan fingerprint density at radius 2 is 2.06 bits per heavy atom. The molecule has 0 unspecified atom stereocenters. The second kappa shape index (κ2) is 6.25. The normalized spacial score (nSPS) is 11.8. The zero-order chi connectivity index (χ0) is 12.8. The van der Waals surface area contributed by atoms with Crippen molar-refractivity contribution in [3.8, 4) is 0 Å². The highest BCUT2D eigenvalue weighted by molar-refractivity contribution is 5.93. The smallest absolute Gasteiger partial charge is 0.210 e. The van der Waals surface area contributed by atoms with Gasteiger partial charge in [0.1, 0.15) is 0 Å². The van der Waals surface area contributed by atoms with E-state index < -0.39 is 0 Å². The van der Waals surface area contributed by atoms with Crippen molar-refractivity contribution in [3.63, 3.8) is 0 Å². The average molecular weight is 234 g/mol. The molecule has 0 aliphatic heterocycles. The second-order valence-electron chi connectivity index (χ2n) is 4.67. The Kier molecular flexibility index (Phi) is 4.97. The van der Waals surface area contributed by atoms with Gasteiger partial charge >= 0.3 is 0 Å². The number of benzene rings is 1. The summed E-state index contributed by atoms with van der Waals surface area (Å²) in [6.07, 6.45) is 0. The van der Waals surface area contributed by atoms with Crippen molar-refractivity contribution in [3.05, 3.63) is 29.3 Å². The summed E-state index contributed by atoms with van der Waals surface area (Å²) in [7, 11) is 0. The summed E-state index contributed by atoms with van der Waals surface area (Å²) in [6, 6.07) is 6.22. The van der Waals surface area contributed by atoms with Crippen molar-refractivity contribution in [2.24, 2.45) is 16.8 Å². The zero-order valence-corrected chi connectivity index (χ0v) is 11.0. The Morgan fingerprint density at radius 1 is 1.35 bits per heavy atom. The van der Waals surface area contributed by atoms with E-state index in [2.05, 4.69) is 55.6 Å². The fourth-order valence-corrected chi connectivity index (χ4v) is 1.48. The van der Waals surface area contributed by atoms with Crippen LogP contribution < -0.4 is 16.6 Å². The molecule has 0 aliphatic rings. The largest absolute Gasteiger partial charge is 0.325 e. The minimum Gasteiger partial charge on any atom is -0.325 e. The molecular formula is C13H22N4. The van der Waals surface area contributed by atoms with Gasteiger partial charge in [-0.3, -0.25) is 10.4 Å². The highest BCUT2D eigenvalue weighted by atomic mass is 15.3. The van der Waals surface area contributed by atoms with Gasteiger partial charge in [0.15, 0.2) is 0 Å². The number of hydrazine groups is 1. The topological polar surface area (TPSA) is 62.4 Å². The van der Waals surface area contributed by atoms with Crippen LogP contribution >= 0.6 is 0 Å². The van der Waals surface area contributed by atoms with Crippen LogP contribution in [0.2, 0.25) is 0 Å². The number of guanidine groups is 1. The summed E-state index contributed by atoms with van der Waals surface area (Å²) in [4.78, 5) is 4.37. The van der Waals surface area contributed by atoms with Crippen LogP contribution in [0.25, 0.3) is 0 Å². The van der Waals surface area contributed by atoms with Gasteiger partial charge in [0.05, 0.1) is 0 Å². The summed E-state index contributed by atoms with van der Waals surface area (Å²) >= 11 is 0. The van der Waals surface area contributed by atoms with Crippen LogP contribution in [0, 0.1) is 19.8 Å². The third-order valence-electron chi connectivity index (χ3n) is 2.39. The number of aryl methyl sites for hydroxylation is 2. The minimum absolute atomic E-state index is 0.513. The quantitative estimate of drug-likeness (QED) is 0.325. The molecule has 0 bridgehead atoms. The summed E-state index contributed by atoms with van der Waals surface area (Å²) in [5.74, 6) is 6.56. The third kappa shape index (κ3) is 4.44. The van der Waals surface area contributed by atoms with Crippen LogP contribution in [0.1, 0.15) is 25.0 Å². The van der Waals surface area contributed by atoms with Gasteiger partial charge in [-0.1, -0.05) is 31.5 Å². The number of hydrogen-bond donors (Lipinski definition) is 3. The second-order valence-corrected chi connectivity index (χ2v) is 4.67. The number of nitrogens with two attached hydrogens (primary N) is 1. The maximum Gasteiger partial charge on any atom is 0.210 e. The number of nitrogens with zero attached hydrogens (tertiary/aromatic N) is 1. The van der Waals surface area contributed by atoms with E-state index in [1.54, 1.807) is 0 Å². The molecule has 17 heavy (non-hydrogen) atoms. The van der Waals surface area contributed by atoms with Gasteiger partial charge in [0, 0.05) is 12.2 Å². The predicted octanol–water partition coefficient (Wildman–Crippen LogP) is 2.19. The van der Waals surface area contributed by atoms with Gasteiger partial charge in [-0.15, -0.1) is 0 Å². The predicted molar refractivity (Wildman–Crippen MR) is 74.0 cm³/mol. The van der Waals surface area contributed by atoms with Crippen molar-refractivity contribution in [1.82, 2.24) is 5.43 Å². The molecular weight excluding hydrogens is 212 g/mol. The van der Waals surface area contributed by atoms with Gasteiger partial charge in [0.25, 0.3) is 0 Å². The van der Waals surface area contributed by atoms with E-state index in [1.165, 1.54) is 11.1 Å². The molecule has 0 fully saturated rings. The lowest BCUT2D eigenvalue weighted by molar-refractivity contribution is 0.663. The van der Waals surface area contributed by atoms with Crippen molar-refractivity contribution < 1.29 is 0 Å². The number of nitrogens with one attached hydrogen (secondary N) is 2. The summed E-state index contributed by atoms with van der Waals surface area (Å²) in [5.41, 5.74) is 6.03. The molecule has 0 aliphatic carbocycles. The van der Waals surface area contributed by atoms with Crippen molar-refractivity contribution in [2.45, 2.75) is 27.7 Å². The number of hydrogen-bond acceptors (Lipinski definition) is 2. The first-order chi connectivity index (χ1) is 8.02. The zero-order valence-electron chi connectivity index (χ0n) is 11.0. The van der Waals surface area contributed by atoms with E-state index in [0.29, 0.717) is 11.9 Å². The minimum atomic E-state index is 0.513. The highest BCUT2D eigenvalue weighted by Crippen LogP contribution is 2.15. The monoisotopic (exact) mass is 234 g/mol. The Labute approximate surface area is 103 Å². The molecule has 0 heterocycles. The van der Waals surface area contributed by atoms with Crippen LogP contribution in [-0.2, 0) is 0 Å². The third-order valence-corrected chi connectivity index (χ3v) is 2.39. The molecule has 94 valence electrons. The maximum absolute atomic E-state index is 5.44. The molecule has 0 aromatic heterocycles. The van der Waals surface area contributed by atoms with E-state index in [1.807, 2.05) is 6.07 Å². The molecule has 0 amide bonds. The van der Waals surface area contributed by atoms with Gasteiger partial charge in [-0.25, -0.2) is 5.84 Å². The average Bonchev–Trinajstić information content (AvgIpc) is 2.26. The first-order valence-corrected chi connectivity index (χ1v) is 5.88. The molecule has 1 rings (SSSR count). The summed E-state index contributed by atoms with van der Waals surface area (Å²) in [5, 5.41) is 3.19. The highest BCUT2D eigenvalue weighted by Gasteiger charge is 2.02. The standard InChI is InChI=1S/C13H22N4/c1-9(2)8-15-13(17-14)16-12-6-5-10(3)7-11(12)4/h5-7,9H,8,14H2,1-4H3,(H2,15,16,17). The molecule has 0 atom stereocenters. The fourth-order valence-electron chi connectivity index (χ4n) is 1.48. The van der Waals surface area contributed by atoms with Gasteiger partial charge < -0.3 is 5.32 Å². The Bertz CT molecular complexity index is 396. The summed E-state index contributed by atoms with van der Waals surface area (Å²) < 4.78 is 0. The Hall–Kier alpha value is -1.55. The maximum atomic E-state index is 5.44. The van der Waals surface area contributed by atoms with Crippen LogP contribution in [0.15, 0.2) is 23.2 Å². The van der Waals surface area contributed by atoms with Crippen LogP contribution in [0.5, 0.6) is 0 Å². The molecule has 0 saturated heterocycles. The van der Waals surface area contributed by atoms with E-state index in [-0.39, 0.29) is 0 Å². The first-order valence-electron chi connectivity index (χ1n) is 5.88. The molecule has 4 N–H and O–H groups in total. The molecule has 0 spiro atoms. The lowest BCUT2D eigenvalue weighted by Gasteiger charge is -2.12. The van der Waals surface area contributed by atoms with Crippen molar-refractivity contribution >= 4 is 11.6 Å². The number of anilines is 1. The van der Waals surface area contributed by atoms with Gasteiger partial charge in [0.2, 0.25) is 5.96 Å². The Balaban J connectivity index is 2.77. The van der Waals surface area contributed by atoms with Gasteiger partial charge in [-0.05, 0) is 31.4 Å². The summed E-state index contributed by atoms with van der Waals surface area (Å²) in [6.45, 7) is 9.12. The van der Waals surface area contributed by atoms with Crippen molar-refractivity contribution in [1.29, 1.82) is 0 Å². The molecule has 4 nitrogen and oxygen atoms in total. The van der Waals surface area contributed by atoms with E-state index in [4.69, 9.17) is 5.84 Å². The first kappa shape index (κ1) is 13.5. The number of aliphatic imine (C=N–C) groups is 1. The molecule has 1 aromatic carbocycles. The van der Waals surface area contributed by atoms with E-state index >= 15 is 0 Å². The van der Waals surface area contributed by atoms with Crippen LogP contribution in [0.4, 0.5) is 5.69 Å².